The number of carbonyl (C=O) groups is 2. The molecule has 1 saturated heterocycles. The highest BCUT2D eigenvalue weighted by atomic mass is 32.2. The molecule has 0 aliphatic carbocycles. The van der Waals surface area contributed by atoms with Crippen LogP contribution in [0.15, 0.2) is 24.3 Å². The lowest BCUT2D eigenvalue weighted by Crippen LogP contribution is -2.53. The van der Waals surface area contributed by atoms with Crippen molar-refractivity contribution in [3.63, 3.8) is 0 Å². The Hall–Kier alpha value is -2.14. The second-order valence-corrected chi connectivity index (χ2v) is 9.03. The van der Waals surface area contributed by atoms with Gasteiger partial charge in [0.2, 0.25) is 11.8 Å². The molecule has 0 bridgehead atoms. The molecular weight excluding hydrogens is 399 g/mol. The summed E-state index contributed by atoms with van der Waals surface area (Å²) in [4.78, 5) is 27.4. The van der Waals surface area contributed by atoms with Gasteiger partial charge < -0.3 is 10.2 Å². The van der Waals surface area contributed by atoms with Gasteiger partial charge in [-0.05, 0) is 19.1 Å². The van der Waals surface area contributed by atoms with Crippen LogP contribution in [0, 0.1) is 0 Å². The van der Waals surface area contributed by atoms with E-state index in [1.807, 2.05) is 0 Å². The summed E-state index contributed by atoms with van der Waals surface area (Å²) in [6, 6.07) is 4.72. The summed E-state index contributed by atoms with van der Waals surface area (Å²) >= 11 is 0. The number of benzene rings is 1. The number of hydrogen-bond donors (Lipinski definition) is 1. The summed E-state index contributed by atoms with van der Waals surface area (Å²) in [5.74, 6) is -1.09. The Morgan fingerprint density at radius 3 is 2.25 bits per heavy atom. The topological polar surface area (TPSA) is 86.8 Å². The van der Waals surface area contributed by atoms with E-state index in [-0.39, 0.29) is 25.3 Å². The first-order valence-electron chi connectivity index (χ1n) is 8.55. The summed E-state index contributed by atoms with van der Waals surface area (Å²) in [7, 11) is -3.50. The second kappa shape index (κ2) is 8.48. The van der Waals surface area contributed by atoms with E-state index in [2.05, 4.69) is 5.32 Å². The highest BCUT2D eigenvalue weighted by molar-refractivity contribution is 7.92. The Kier molecular flexibility index (Phi) is 6.71. The first-order chi connectivity index (χ1) is 12.9. The van der Waals surface area contributed by atoms with Gasteiger partial charge in [0.05, 0.1) is 17.8 Å². The maximum atomic E-state index is 13.0. The summed E-state index contributed by atoms with van der Waals surface area (Å²) < 4.78 is 62.0. The number of halogens is 3. The first-order valence-corrected chi connectivity index (χ1v) is 10.5. The quantitative estimate of drug-likeness (QED) is 0.773. The second-order valence-electron chi connectivity index (χ2n) is 6.66. The van der Waals surface area contributed by atoms with Crippen LogP contribution >= 0.6 is 0 Å². The van der Waals surface area contributed by atoms with Gasteiger partial charge in [-0.2, -0.15) is 13.2 Å². The number of nitrogens with zero attached hydrogens (tertiary/aromatic N) is 2. The minimum atomic E-state index is -4.58. The van der Waals surface area contributed by atoms with Crippen LogP contribution in [0.1, 0.15) is 12.5 Å². The van der Waals surface area contributed by atoms with Crippen LogP contribution in [0.5, 0.6) is 0 Å². The van der Waals surface area contributed by atoms with Crippen LogP contribution in [0.25, 0.3) is 0 Å². The lowest BCUT2D eigenvalue weighted by atomic mass is 10.1. The van der Waals surface area contributed by atoms with E-state index in [0.29, 0.717) is 13.1 Å². The number of nitrogens with one attached hydrogen (secondary N) is 1. The minimum absolute atomic E-state index is 0.129. The number of piperazine rings is 1. The predicted molar refractivity (Wildman–Crippen MR) is 97.4 cm³/mol. The third-order valence-electron chi connectivity index (χ3n) is 4.55. The van der Waals surface area contributed by atoms with E-state index < -0.39 is 38.6 Å². The Morgan fingerprint density at radius 2 is 1.71 bits per heavy atom. The monoisotopic (exact) mass is 421 g/mol. The third kappa shape index (κ3) is 5.68. The maximum absolute atomic E-state index is 13.0. The van der Waals surface area contributed by atoms with E-state index in [1.165, 1.54) is 30.0 Å². The molecule has 1 aromatic carbocycles. The molecule has 1 aliphatic heterocycles. The molecule has 1 N–H and O–H groups in total. The molecule has 28 heavy (non-hydrogen) atoms. The molecule has 0 saturated carbocycles. The Balaban J connectivity index is 1.90. The lowest BCUT2D eigenvalue weighted by molar-refractivity contribution is -0.137. The number of para-hydroxylation sites is 1. The van der Waals surface area contributed by atoms with Crippen molar-refractivity contribution >= 4 is 27.3 Å². The van der Waals surface area contributed by atoms with Gasteiger partial charge in [0.15, 0.2) is 9.84 Å². The van der Waals surface area contributed by atoms with Crippen LogP contribution in [0.3, 0.4) is 0 Å². The molecule has 2 amide bonds. The number of carbonyl (C=O) groups excluding carboxylic acids is 2. The van der Waals surface area contributed by atoms with Crippen molar-refractivity contribution in [2.45, 2.75) is 18.3 Å². The molecule has 11 heteroatoms. The predicted octanol–water partition coefficient (Wildman–Crippen LogP) is 1.22. The van der Waals surface area contributed by atoms with Crippen LogP contribution in [-0.4, -0.2) is 74.3 Å². The molecule has 0 radical (unpaired) electrons. The zero-order valence-electron chi connectivity index (χ0n) is 15.5. The summed E-state index contributed by atoms with van der Waals surface area (Å²) in [5.41, 5.74) is -1.23. The largest absolute Gasteiger partial charge is 0.418 e. The number of anilines is 1. The molecule has 0 aromatic heterocycles. The maximum Gasteiger partial charge on any atom is 0.418 e. The fourth-order valence-electron chi connectivity index (χ4n) is 2.80. The highest BCUT2D eigenvalue weighted by Crippen LogP contribution is 2.34. The SMILES string of the molecule is CC(C(=O)N1CCN(CC(=O)Nc2ccccc2C(F)(F)F)CC1)S(C)(=O)=O. The summed E-state index contributed by atoms with van der Waals surface area (Å²) in [6.45, 7) is 2.31. The van der Waals surface area contributed by atoms with E-state index in [1.54, 1.807) is 4.90 Å². The first kappa shape index (κ1) is 22.2. The molecule has 1 unspecified atom stereocenters. The number of sulfone groups is 1. The Labute approximate surface area is 161 Å². The average Bonchev–Trinajstić information content (AvgIpc) is 2.59. The van der Waals surface area contributed by atoms with Crippen molar-refractivity contribution in [3.8, 4) is 0 Å². The minimum Gasteiger partial charge on any atom is -0.339 e. The van der Waals surface area contributed by atoms with Gasteiger partial charge in [-0.3, -0.25) is 14.5 Å². The van der Waals surface area contributed by atoms with Crippen molar-refractivity contribution in [2.24, 2.45) is 0 Å². The van der Waals surface area contributed by atoms with Gasteiger partial charge in [0, 0.05) is 32.4 Å². The van der Waals surface area contributed by atoms with Gasteiger partial charge in [-0.1, -0.05) is 12.1 Å². The fraction of sp³-hybridized carbons (Fsp3) is 0.529. The molecule has 0 spiro atoms. The van der Waals surface area contributed by atoms with Crippen LogP contribution in [0.4, 0.5) is 18.9 Å². The normalized spacial score (nSPS) is 17.2. The van der Waals surface area contributed by atoms with Gasteiger partial charge in [0.1, 0.15) is 5.25 Å². The van der Waals surface area contributed by atoms with Crippen molar-refractivity contribution in [1.29, 1.82) is 0 Å². The van der Waals surface area contributed by atoms with Gasteiger partial charge in [0.25, 0.3) is 0 Å². The molecule has 156 valence electrons. The number of amides is 2. The molecule has 1 fully saturated rings. The standard InChI is InChI=1S/C17H22F3N3O4S/c1-12(28(2,26)27)16(25)23-9-7-22(8-10-23)11-15(24)21-14-6-4-3-5-13(14)17(18,19)20/h3-6,12H,7-11H2,1-2H3,(H,21,24). The van der Waals surface area contributed by atoms with Crippen molar-refractivity contribution in [3.05, 3.63) is 29.8 Å². The summed E-state index contributed by atoms with van der Waals surface area (Å²) in [6.07, 6.45) is -3.58. The number of alkyl halides is 3. The Morgan fingerprint density at radius 1 is 1.14 bits per heavy atom. The van der Waals surface area contributed by atoms with E-state index in [9.17, 15) is 31.2 Å². The highest BCUT2D eigenvalue weighted by Gasteiger charge is 2.34. The lowest BCUT2D eigenvalue weighted by Gasteiger charge is -2.35. The van der Waals surface area contributed by atoms with Crippen molar-refractivity contribution in [2.75, 3.05) is 44.3 Å². The molecule has 1 atom stereocenters. The van der Waals surface area contributed by atoms with Gasteiger partial charge in [-0.15, -0.1) is 0 Å². The number of rotatable bonds is 5. The zero-order chi connectivity index (χ0) is 21.1. The van der Waals surface area contributed by atoms with E-state index >= 15 is 0 Å². The number of hydrogen-bond acceptors (Lipinski definition) is 5. The molecule has 1 aliphatic rings. The Bertz CT molecular complexity index is 834. The van der Waals surface area contributed by atoms with Crippen molar-refractivity contribution < 1.29 is 31.2 Å². The van der Waals surface area contributed by atoms with Gasteiger partial charge >= 0.3 is 6.18 Å². The average molecular weight is 421 g/mol. The molecule has 1 aromatic rings. The summed E-state index contributed by atoms with van der Waals surface area (Å²) in [5, 5.41) is 1.14. The smallest absolute Gasteiger partial charge is 0.339 e. The van der Waals surface area contributed by atoms with Crippen LogP contribution in [0.2, 0.25) is 0 Å². The zero-order valence-corrected chi connectivity index (χ0v) is 16.3. The third-order valence-corrected chi connectivity index (χ3v) is 6.03. The molecular formula is C17H22F3N3O4S. The van der Waals surface area contributed by atoms with Gasteiger partial charge in [-0.25, -0.2) is 8.42 Å². The molecule has 2 rings (SSSR count). The van der Waals surface area contributed by atoms with Crippen LogP contribution in [-0.2, 0) is 25.6 Å². The van der Waals surface area contributed by atoms with E-state index in [0.717, 1.165) is 12.3 Å². The fourth-order valence-corrected chi connectivity index (χ4v) is 3.31. The molecule has 7 nitrogen and oxygen atoms in total. The van der Waals surface area contributed by atoms with E-state index in [4.69, 9.17) is 0 Å². The van der Waals surface area contributed by atoms with Crippen molar-refractivity contribution in [1.82, 2.24) is 9.80 Å². The van der Waals surface area contributed by atoms with Crippen LogP contribution < -0.4 is 5.32 Å². The molecule has 1 heterocycles.